The Kier molecular flexibility index (Phi) is 7.21. The average molecular weight is 425 g/mol. The Morgan fingerprint density at radius 2 is 1.77 bits per heavy atom. The van der Waals surface area contributed by atoms with Gasteiger partial charge < -0.3 is 19.3 Å². The van der Waals surface area contributed by atoms with Gasteiger partial charge in [0.15, 0.2) is 0 Å². The molecule has 0 radical (unpaired) electrons. The van der Waals surface area contributed by atoms with Crippen LogP contribution in [0.5, 0.6) is 11.5 Å². The van der Waals surface area contributed by atoms with Crippen molar-refractivity contribution < 1.29 is 19.1 Å². The summed E-state index contributed by atoms with van der Waals surface area (Å²) in [6.07, 6.45) is 0. The number of carbonyl (C=O) groups excluding carboxylic acids is 2. The van der Waals surface area contributed by atoms with Crippen LogP contribution in [0.1, 0.15) is 30.9 Å². The average Bonchev–Trinajstić information content (AvgIpc) is 3.23. The minimum Gasteiger partial charge on any atom is -0.497 e. The van der Waals surface area contributed by atoms with E-state index in [0.29, 0.717) is 31.1 Å². The lowest BCUT2D eigenvalue weighted by Gasteiger charge is -2.25. The lowest BCUT2D eigenvalue weighted by molar-refractivity contribution is -0.136. The van der Waals surface area contributed by atoms with Crippen molar-refractivity contribution in [3.8, 4) is 11.5 Å². The Bertz CT molecular complexity index is 913. The fraction of sp³-hybridized carbons (Fsp3) is 0.440. The Morgan fingerprint density at radius 1 is 1.06 bits per heavy atom. The molecular formula is C25H32N2O4. The largest absolute Gasteiger partial charge is 0.497 e. The molecule has 2 atom stereocenters. The van der Waals surface area contributed by atoms with Crippen molar-refractivity contribution in [3.63, 3.8) is 0 Å². The van der Waals surface area contributed by atoms with E-state index in [2.05, 4.69) is 0 Å². The molecule has 2 amide bonds. The van der Waals surface area contributed by atoms with Crippen LogP contribution in [-0.4, -0.2) is 56.0 Å². The van der Waals surface area contributed by atoms with E-state index in [1.165, 1.54) is 0 Å². The number of hydrogen-bond donors (Lipinski definition) is 0. The first-order valence-electron chi connectivity index (χ1n) is 10.6. The molecule has 1 heterocycles. The molecular weight excluding hydrogens is 392 g/mol. The van der Waals surface area contributed by atoms with Crippen LogP contribution >= 0.6 is 0 Å². The second kappa shape index (κ2) is 9.86. The summed E-state index contributed by atoms with van der Waals surface area (Å²) >= 11 is 0. The van der Waals surface area contributed by atoms with Gasteiger partial charge in [-0.2, -0.15) is 0 Å². The molecule has 6 nitrogen and oxygen atoms in total. The van der Waals surface area contributed by atoms with Gasteiger partial charge in [-0.05, 0) is 23.8 Å². The van der Waals surface area contributed by atoms with Crippen molar-refractivity contribution in [2.24, 2.45) is 11.8 Å². The SMILES string of the molecule is COc1ccc(OC)c([C@H]2CN(C(=O)C(C)C)C[C@@H]2C(=O)N(C)Cc2ccccc2)c1. The lowest BCUT2D eigenvalue weighted by atomic mass is 9.87. The molecule has 0 unspecified atom stereocenters. The molecule has 0 bridgehead atoms. The quantitative estimate of drug-likeness (QED) is 0.682. The van der Waals surface area contributed by atoms with Crippen molar-refractivity contribution in [3.05, 3.63) is 59.7 Å². The number of benzene rings is 2. The molecule has 1 aliphatic heterocycles. The van der Waals surface area contributed by atoms with Crippen LogP contribution in [0.3, 0.4) is 0 Å². The number of rotatable bonds is 7. The predicted molar refractivity (Wildman–Crippen MR) is 120 cm³/mol. The summed E-state index contributed by atoms with van der Waals surface area (Å²) < 4.78 is 11.0. The molecule has 0 saturated carbocycles. The molecule has 1 saturated heterocycles. The van der Waals surface area contributed by atoms with Gasteiger partial charge in [-0.25, -0.2) is 0 Å². The number of nitrogens with zero attached hydrogens (tertiary/aromatic N) is 2. The highest BCUT2D eigenvalue weighted by Crippen LogP contribution is 2.40. The van der Waals surface area contributed by atoms with E-state index < -0.39 is 0 Å². The van der Waals surface area contributed by atoms with E-state index in [9.17, 15) is 9.59 Å². The summed E-state index contributed by atoms with van der Waals surface area (Å²) in [4.78, 5) is 29.9. The first-order valence-corrected chi connectivity index (χ1v) is 10.6. The van der Waals surface area contributed by atoms with E-state index >= 15 is 0 Å². The number of likely N-dealkylation sites (tertiary alicyclic amines) is 1. The fourth-order valence-corrected chi connectivity index (χ4v) is 4.26. The second-order valence-electron chi connectivity index (χ2n) is 8.40. The van der Waals surface area contributed by atoms with Crippen molar-refractivity contribution in [1.82, 2.24) is 9.80 Å². The molecule has 1 aliphatic rings. The van der Waals surface area contributed by atoms with E-state index in [0.717, 1.165) is 11.1 Å². The maximum absolute atomic E-state index is 13.5. The monoisotopic (exact) mass is 424 g/mol. The fourth-order valence-electron chi connectivity index (χ4n) is 4.26. The molecule has 2 aromatic rings. The van der Waals surface area contributed by atoms with Crippen molar-refractivity contribution in [1.29, 1.82) is 0 Å². The normalized spacial score (nSPS) is 18.2. The summed E-state index contributed by atoms with van der Waals surface area (Å²) in [5.74, 6) is 0.853. The number of ether oxygens (including phenoxy) is 2. The minimum absolute atomic E-state index is 0.0257. The van der Waals surface area contributed by atoms with Crippen LogP contribution in [-0.2, 0) is 16.1 Å². The van der Waals surface area contributed by atoms with Gasteiger partial charge in [0.2, 0.25) is 11.8 Å². The van der Waals surface area contributed by atoms with Gasteiger partial charge in [0.05, 0.1) is 20.1 Å². The molecule has 0 aromatic heterocycles. The van der Waals surface area contributed by atoms with E-state index in [1.54, 1.807) is 19.1 Å². The predicted octanol–water partition coefficient (Wildman–Crippen LogP) is 3.56. The van der Waals surface area contributed by atoms with Gasteiger partial charge in [0.25, 0.3) is 0 Å². The molecule has 2 aromatic carbocycles. The third-order valence-corrected chi connectivity index (χ3v) is 5.92. The van der Waals surface area contributed by atoms with E-state index in [4.69, 9.17) is 9.47 Å². The van der Waals surface area contributed by atoms with Gasteiger partial charge in [-0.15, -0.1) is 0 Å². The summed E-state index contributed by atoms with van der Waals surface area (Å²) in [6, 6.07) is 15.5. The maximum Gasteiger partial charge on any atom is 0.228 e. The smallest absolute Gasteiger partial charge is 0.228 e. The molecule has 3 rings (SSSR count). The third kappa shape index (κ3) is 5.01. The zero-order chi connectivity index (χ0) is 22.5. The maximum atomic E-state index is 13.5. The Balaban J connectivity index is 1.93. The van der Waals surface area contributed by atoms with E-state index in [-0.39, 0.29) is 29.6 Å². The number of amides is 2. The van der Waals surface area contributed by atoms with Crippen LogP contribution < -0.4 is 9.47 Å². The zero-order valence-corrected chi connectivity index (χ0v) is 19.0. The second-order valence-corrected chi connectivity index (χ2v) is 8.40. The van der Waals surface area contributed by atoms with Gasteiger partial charge >= 0.3 is 0 Å². The summed E-state index contributed by atoms with van der Waals surface area (Å²) in [5, 5.41) is 0. The lowest BCUT2D eigenvalue weighted by Crippen LogP contribution is -2.37. The Hall–Kier alpha value is -3.02. The Labute approximate surface area is 184 Å². The van der Waals surface area contributed by atoms with Crippen LogP contribution in [0.15, 0.2) is 48.5 Å². The molecule has 1 fully saturated rings. The molecule has 0 N–H and O–H groups in total. The van der Waals surface area contributed by atoms with Crippen molar-refractivity contribution >= 4 is 11.8 Å². The number of methoxy groups -OCH3 is 2. The van der Waals surface area contributed by atoms with Crippen LogP contribution in [0.25, 0.3) is 0 Å². The standard InChI is InChI=1S/C25H32N2O4/c1-17(2)24(28)27-15-21(20-13-19(30-4)11-12-23(20)31-5)22(16-27)25(29)26(3)14-18-9-7-6-8-10-18/h6-13,17,21-22H,14-16H2,1-5H3/t21-,22+/m1/s1. The highest BCUT2D eigenvalue weighted by Gasteiger charge is 2.43. The highest BCUT2D eigenvalue weighted by molar-refractivity contribution is 5.84. The van der Waals surface area contributed by atoms with Crippen LogP contribution in [0, 0.1) is 11.8 Å². The molecule has 166 valence electrons. The Morgan fingerprint density at radius 3 is 2.39 bits per heavy atom. The first kappa shape index (κ1) is 22.7. The van der Waals surface area contributed by atoms with Gasteiger partial charge in [-0.3, -0.25) is 9.59 Å². The van der Waals surface area contributed by atoms with Crippen molar-refractivity contribution in [2.45, 2.75) is 26.3 Å². The van der Waals surface area contributed by atoms with Crippen molar-refractivity contribution in [2.75, 3.05) is 34.4 Å². The topological polar surface area (TPSA) is 59.1 Å². The summed E-state index contributed by atoms with van der Waals surface area (Å²) in [6.45, 7) is 5.19. The zero-order valence-electron chi connectivity index (χ0n) is 19.0. The molecule has 6 heteroatoms. The molecule has 31 heavy (non-hydrogen) atoms. The number of hydrogen-bond acceptors (Lipinski definition) is 4. The first-order chi connectivity index (χ1) is 14.8. The molecule has 0 spiro atoms. The van der Waals surface area contributed by atoms with E-state index in [1.807, 2.05) is 74.3 Å². The van der Waals surface area contributed by atoms with Crippen LogP contribution in [0.2, 0.25) is 0 Å². The van der Waals surface area contributed by atoms with Crippen LogP contribution in [0.4, 0.5) is 0 Å². The van der Waals surface area contributed by atoms with Gasteiger partial charge in [-0.1, -0.05) is 44.2 Å². The van der Waals surface area contributed by atoms with Gasteiger partial charge in [0.1, 0.15) is 11.5 Å². The number of carbonyl (C=O) groups is 2. The highest BCUT2D eigenvalue weighted by atomic mass is 16.5. The summed E-state index contributed by atoms with van der Waals surface area (Å²) in [7, 11) is 5.06. The molecule has 0 aliphatic carbocycles. The van der Waals surface area contributed by atoms with Gasteiger partial charge in [0, 0.05) is 44.1 Å². The minimum atomic E-state index is -0.350. The third-order valence-electron chi connectivity index (χ3n) is 5.92. The summed E-state index contributed by atoms with van der Waals surface area (Å²) in [5.41, 5.74) is 1.97.